The van der Waals surface area contributed by atoms with Crippen molar-refractivity contribution < 1.29 is 19.0 Å². The van der Waals surface area contributed by atoms with Crippen LogP contribution in [0.4, 0.5) is 5.69 Å². The second-order valence-corrected chi connectivity index (χ2v) is 5.36. The number of anilines is 1. The number of nitrogens with zero attached hydrogens (tertiary/aromatic N) is 1. The van der Waals surface area contributed by atoms with Crippen LogP contribution in [0.15, 0.2) is 36.4 Å². The Bertz CT molecular complexity index is 742. The van der Waals surface area contributed by atoms with Gasteiger partial charge < -0.3 is 19.1 Å². The third-order valence-corrected chi connectivity index (χ3v) is 4.01. The van der Waals surface area contributed by atoms with Gasteiger partial charge in [-0.15, -0.1) is 0 Å². The molecular formula is C18H19NO4. The molecule has 0 saturated carbocycles. The fourth-order valence-corrected chi connectivity index (χ4v) is 2.70. The maximum absolute atomic E-state index is 11.9. The molecule has 3 rings (SSSR count). The van der Waals surface area contributed by atoms with Crippen molar-refractivity contribution in [3.8, 4) is 22.6 Å². The average molecular weight is 313 g/mol. The normalized spacial score (nSPS) is 14.2. The molecule has 1 aliphatic heterocycles. The van der Waals surface area contributed by atoms with Crippen molar-refractivity contribution >= 4 is 11.6 Å². The van der Waals surface area contributed by atoms with Gasteiger partial charge in [0.1, 0.15) is 6.61 Å². The summed E-state index contributed by atoms with van der Waals surface area (Å²) in [7, 11) is 5.00. The first-order chi connectivity index (χ1) is 11.1. The molecule has 0 fully saturated rings. The number of carbonyl (C=O) groups excluding carboxylic acids is 1. The summed E-state index contributed by atoms with van der Waals surface area (Å²) in [5, 5.41) is 0. The fraction of sp³-hybridized carbons (Fsp3) is 0.278. The molecule has 5 nitrogen and oxygen atoms in total. The Morgan fingerprint density at radius 2 is 1.65 bits per heavy atom. The topological polar surface area (TPSA) is 48.0 Å². The summed E-state index contributed by atoms with van der Waals surface area (Å²) >= 11 is 0. The first-order valence-corrected chi connectivity index (χ1v) is 7.33. The number of carbonyl (C=O) groups is 1. The molecule has 0 saturated heterocycles. The van der Waals surface area contributed by atoms with E-state index >= 15 is 0 Å². The lowest BCUT2D eigenvalue weighted by Crippen LogP contribution is -2.28. The third-order valence-electron chi connectivity index (χ3n) is 4.01. The maximum atomic E-state index is 11.9. The molecule has 0 aliphatic carbocycles. The van der Waals surface area contributed by atoms with Crippen LogP contribution >= 0.6 is 0 Å². The summed E-state index contributed by atoms with van der Waals surface area (Å²) in [4.78, 5) is 13.5. The number of likely N-dealkylation sites (N-methyl/N-ethyl adjacent to an activating group) is 1. The lowest BCUT2D eigenvalue weighted by Gasteiger charge is -2.17. The van der Waals surface area contributed by atoms with Crippen molar-refractivity contribution in [3.05, 3.63) is 42.0 Å². The van der Waals surface area contributed by atoms with Gasteiger partial charge in [0.2, 0.25) is 0 Å². The van der Waals surface area contributed by atoms with Crippen molar-refractivity contribution in [1.29, 1.82) is 0 Å². The Morgan fingerprint density at radius 3 is 2.39 bits per heavy atom. The number of hydrogen-bond donors (Lipinski definition) is 0. The van der Waals surface area contributed by atoms with Gasteiger partial charge >= 0.3 is 0 Å². The van der Waals surface area contributed by atoms with E-state index in [2.05, 4.69) is 0 Å². The van der Waals surface area contributed by atoms with Gasteiger partial charge in [0.15, 0.2) is 11.5 Å². The van der Waals surface area contributed by atoms with E-state index in [-0.39, 0.29) is 12.5 Å². The minimum absolute atomic E-state index is 0.0392. The van der Waals surface area contributed by atoms with Crippen LogP contribution in [-0.4, -0.2) is 33.8 Å². The summed E-state index contributed by atoms with van der Waals surface area (Å²) in [6.45, 7) is 0.531. The molecule has 0 spiro atoms. The van der Waals surface area contributed by atoms with E-state index in [4.69, 9.17) is 14.2 Å². The predicted octanol–water partition coefficient (Wildman–Crippen LogP) is 2.86. The lowest BCUT2D eigenvalue weighted by molar-refractivity contribution is -0.122. The summed E-state index contributed by atoms with van der Waals surface area (Å²) < 4.78 is 16.1. The predicted molar refractivity (Wildman–Crippen MR) is 88.0 cm³/mol. The highest BCUT2D eigenvalue weighted by atomic mass is 16.5. The van der Waals surface area contributed by atoms with Crippen LogP contribution in [0.2, 0.25) is 0 Å². The molecular weight excluding hydrogens is 294 g/mol. The molecule has 23 heavy (non-hydrogen) atoms. The van der Waals surface area contributed by atoms with Gasteiger partial charge in [-0.25, -0.2) is 0 Å². The van der Waals surface area contributed by atoms with Gasteiger partial charge in [-0.2, -0.15) is 0 Å². The van der Waals surface area contributed by atoms with Gasteiger partial charge in [0.25, 0.3) is 5.91 Å². The van der Waals surface area contributed by atoms with E-state index in [1.165, 1.54) is 0 Å². The van der Waals surface area contributed by atoms with Crippen molar-refractivity contribution in [1.82, 2.24) is 0 Å². The SMILES string of the molecule is COc1ccc(-c2ccc3c(c2)COCC(=O)N3C)cc1OC. The van der Waals surface area contributed by atoms with Crippen LogP contribution in [0.25, 0.3) is 11.1 Å². The highest BCUT2D eigenvalue weighted by Crippen LogP contribution is 2.34. The van der Waals surface area contributed by atoms with Crippen molar-refractivity contribution in [2.24, 2.45) is 0 Å². The van der Waals surface area contributed by atoms with E-state index in [1.54, 1.807) is 26.2 Å². The van der Waals surface area contributed by atoms with E-state index in [1.807, 2.05) is 36.4 Å². The van der Waals surface area contributed by atoms with Crippen LogP contribution in [0.1, 0.15) is 5.56 Å². The van der Waals surface area contributed by atoms with E-state index < -0.39 is 0 Å². The van der Waals surface area contributed by atoms with Crippen LogP contribution < -0.4 is 14.4 Å². The zero-order valence-corrected chi connectivity index (χ0v) is 13.5. The Hall–Kier alpha value is -2.53. The largest absolute Gasteiger partial charge is 0.493 e. The second kappa shape index (κ2) is 6.30. The summed E-state index contributed by atoms with van der Waals surface area (Å²) in [6.07, 6.45) is 0. The van der Waals surface area contributed by atoms with E-state index in [0.717, 1.165) is 22.4 Å². The van der Waals surface area contributed by atoms with Crippen LogP contribution in [0.5, 0.6) is 11.5 Å². The Labute approximate surface area is 135 Å². The number of methoxy groups -OCH3 is 2. The molecule has 5 heteroatoms. The number of fused-ring (bicyclic) bond motifs is 1. The van der Waals surface area contributed by atoms with Crippen molar-refractivity contribution in [3.63, 3.8) is 0 Å². The monoisotopic (exact) mass is 313 g/mol. The molecule has 1 aliphatic rings. The van der Waals surface area contributed by atoms with Crippen molar-refractivity contribution in [2.45, 2.75) is 6.61 Å². The fourth-order valence-electron chi connectivity index (χ4n) is 2.70. The summed E-state index contributed by atoms with van der Waals surface area (Å²) in [6, 6.07) is 11.8. The number of benzene rings is 2. The van der Waals surface area contributed by atoms with E-state index in [0.29, 0.717) is 18.1 Å². The van der Waals surface area contributed by atoms with Crippen LogP contribution in [0.3, 0.4) is 0 Å². The highest BCUT2D eigenvalue weighted by molar-refractivity contribution is 5.95. The zero-order valence-electron chi connectivity index (χ0n) is 13.5. The molecule has 2 aromatic carbocycles. The van der Waals surface area contributed by atoms with Crippen LogP contribution in [0, 0.1) is 0 Å². The Balaban J connectivity index is 2.02. The van der Waals surface area contributed by atoms with Gasteiger partial charge in [-0.1, -0.05) is 12.1 Å². The number of amides is 1. The summed E-state index contributed by atoms with van der Waals surface area (Å²) in [5.41, 5.74) is 3.93. The zero-order chi connectivity index (χ0) is 16.4. The third kappa shape index (κ3) is 2.87. The van der Waals surface area contributed by atoms with Crippen molar-refractivity contribution in [2.75, 3.05) is 32.8 Å². The quantitative estimate of drug-likeness (QED) is 0.874. The number of ether oxygens (including phenoxy) is 3. The molecule has 0 radical (unpaired) electrons. The van der Waals surface area contributed by atoms with E-state index in [9.17, 15) is 4.79 Å². The van der Waals surface area contributed by atoms with Gasteiger partial charge in [-0.05, 0) is 35.4 Å². The Kier molecular flexibility index (Phi) is 4.21. The molecule has 0 unspecified atom stereocenters. The average Bonchev–Trinajstić information content (AvgIpc) is 2.73. The van der Waals surface area contributed by atoms with Gasteiger partial charge in [-0.3, -0.25) is 4.79 Å². The minimum atomic E-state index is -0.0392. The molecule has 0 N–H and O–H groups in total. The smallest absolute Gasteiger partial charge is 0.252 e. The highest BCUT2D eigenvalue weighted by Gasteiger charge is 2.19. The number of rotatable bonds is 3. The molecule has 0 aromatic heterocycles. The maximum Gasteiger partial charge on any atom is 0.252 e. The molecule has 120 valence electrons. The molecule has 0 atom stereocenters. The van der Waals surface area contributed by atoms with Crippen LogP contribution in [-0.2, 0) is 16.1 Å². The van der Waals surface area contributed by atoms with Gasteiger partial charge in [0, 0.05) is 18.3 Å². The lowest BCUT2D eigenvalue weighted by atomic mass is 10.0. The molecule has 0 bridgehead atoms. The first kappa shape index (κ1) is 15.4. The standard InChI is InChI=1S/C18H19NO4/c1-19-15-6-4-12(8-14(15)10-23-11-18(19)20)13-5-7-16(21-2)17(9-13)22-3/h4-9H,10-11H2,1-3H3. The molecule has 2 aromatic rings. The number of hydrogen-bond acceptors (Lipinski definition) is 4. The second-order valence-electron chi connectivity index (χ2n) is 5.36. The summed E-state index contributed by atoms with van der Waals surface area (Å²) in [5.74, 6) is 1.34. The Morgan fingerprint density at radius 1 is 0.957 bits per heavy atom. The van der Waals surface area contributed by atoms with Gasteiger partial charge in [0.05, 0.1) is 20.8 Å². The first-order valence-electron chi connectivity index (χ1n) is 7.33. The molecule has 1 amide bonds. The minimum Gasteiger partial charge on any atom is -0.493 e. The molecule has 1 heterocycles.